The maximum absolute atomic E-state index is 11.5. The molecule has 8 heteroatoms. The van der Waals surface area contributed by atoms with Crippen LogP contribution in [0.5, 0.6) is 0 Å². The van der Waals surface area contributed by atoms with Gasteiger partial charge in [0.05, 0.1) is 6.20 Å². The molecule has 1 N–H and O–H groups in total. The summed E-state index contributed by atoms with van der Waals surface area (Å²) in [6.45, 7) is 11.1. The molecule has 0 aromatic carbocycles. The first-order valence-corrected chi connectivity index (χ1v) is 10.3. The van der Waals surface area contributed by atoms with E-state index < -0.39 is 0 Å². The summed E-state index contributed by atoms with van der Waals surface area (Å²) in [5, 5.41) is 0. The molecule has 2 aromatic heterocycles. The highest BCUT2D eigenvalue weighted by Gasteiger charge is 2.27. The van der Waals surface area contributed by atoms with E-state index in [1.54, 1.807) is 17.3 Å². The maximum atomic E-state index is 11.5. The molecule has 4 heterocycles. The Balaban J connectivity index is 0.000000170. The largest absolute Gasteiger partial charge is 0.444 e. The van der Waals surface area contributed by atoms with Crippen molar-refractivity contribution < 1.29 is 14.3 Å². The second-order valence-corrected chi connectivity index (χ2v) is 8.87. The Bertz CT molecular complexity index is 877. The topological polar surface area (TPSA) is 88.9 Å². The third-order valence-electron chi connectivity index (χ3n) is 5.16. The number of rotatable bonds is 1. The number of likely N-dealkylation sites (tertiary alicyclic amines) is 1. The van der Waals surface area contributed by atoms with Crippen molar-refractivity contribution in [2.75, 3.05) is 26.3 Å². The van der Waals surface area contributed by atoms with Crippen molar-refractivity contribution in [3.05, 3.63) is 34.8 Å². The lowest BCUT2D eigenvalue weighted by molar-refractivity contribution is 0.0289. The van der Waals surface area contributed by atoms with Gasteiger partial charge in [-0.2, -0.15) is 0 Å². The Morgan fingerprint density at radius 3 is 2.62 bits per heavy atom. The number of amides is 1. The van der Waals surface area contributed by atoms with Crippen LogP contribution in [0, 0.1) is 5.92 Å². The summed E-state index contributed by atoms with van der Waals surface area (Å²) >= 11 is 0. The van der Waals surface area contributed by atoms with Gasteiger partial charge in [0.15, 0.2) is 0 Å². The summed E-state index contributed by atoms with van der Waals surface area (Å²) in [6, 6.07) is 0. The van der Waals surface area contributed by atoms with Crippen LogP contribution in [0.2, 0.25) is 0 Å². The third kappa shape index (κ3) is 5.59. The zero-order chi connectivity index (χ0) is 21.0. The maximum Gasteiger partial charge on any atom is 0.410 e. The van der Waals surface area contributed by atoms with Gasteiger partial charge in [0, 0.05) is 44.6 Å². The molecule has 2 saturated heterocycles. The Hall–Kier alpha value is -2.35. The number of hydrogen-bond acceptors (Lipinski definition) is 5. The molecule has 160 valence electrons. The smallest absolute Gasteiger partial charge is 0.410 e. The van der Waals surface area contributed by atoms with Crippen molar-refractivity contribution in [3.63, 3.8) is 0 Å². The van der Waals surface area contributed by atoms with Crippen molar-refractivity contribution in [1.82, 2.24) is 19.3 Å². The van der Waals surface area contributed by atoms with Crippen molar-refractivity contribution in [2.45, 2.75) is 58.5 Å². The van der Waals surface area contributed by atoms with Gasteiger partial charge in [0.1, 0.15) is 16.9 Å². The third-order valence-corrected chi connectivity index (χ3v) is 5.16. The van der Waals surface area contributed by atoms with Gasteiger partial charge >= 0.3 is 6.09 Å². The van der Waals surface area contributed by atoms with Gasteiger partial charge in [-0.1, -0.05) is 6.92 Å². The molecule has 0 bridgehead atoms. The Labute approximate surface area is 171 Å². The number of aromatic nitrogens is 3. The first kappa shape index (κ1) is 21.4. The van der Waals surface area contributed by atoms with Crippen LogP contribution in [0.25, 0.3) is 5.52 Å². The first-order chi connectivity index (χ1) is 13.7. The fourth-order valence-electron chi connectivity index (χ4n) is 3.65. The van der Waals surface area contributed by atoms with Crippen LogP contribution in [0.3, 0.4) is 0 Å². The number of aromatic amines is 1. The molecule has 0 unspecified atom stereocenters. The number of fused-ring (bicyclic) bond motifs is 1. The molecule has 2 aliphatic rings. The number of H-pyrrole nitrogens is 1. The summed E-state index contributed by atoms with van der Waals surface area (Å²) in [6.07, 6.45) is 8.03. The highest BCUT2D eigenvalue weighted by Crippen LogP contribution is 2.25. The lowest BCUT2D eigenvalue weighted by Gasteiger charge is -2.24. The van der Waals surface area contributed by atoms with Crippen molar-refractivity contribution in [1.29, 1.82) is 0 Å². The highest BCUT2D eigenvalue weighted by atomic mass is 16.6. The van der Waals surface area contributed by atoms with Gasteiger partial charge in [-0.05, 0) is 46.0 Å². The second kappa shape index (κ2) is 8.98. The predicted octanol–water partition coefficient (Wildman–Crippen LogP) is 3.18. The van der Waals surface area contributed by atoms with Crippen molar-refractivity contribution in [3.8, 4) is 0 Å². The van der Waals surface area contributed by atoms with Gasteiger partial charge in [-0.25, -0.2) is 9.78 Å². The van der Waals surface area contributed by atoms with E-state index in [9.17, 15) is 9.59 Å². The minimum Gasteiger partial charge on any atom is -0.444 e. The monoisotopic (exact) mass is 404 g/mol. The quantitative estimate of drug-likeness (QED) is 0.789. The van der Waals surface area contributed by atoms with Crippen LogP contribution in [0.4, 0.5) is 4.79 Å². The molecule has 2 aromatic rings. The fraction of sp³-hybridized carbons (Fsp3) is 0.667. The van der Waals surface area contributed by atoms with Gasteiger partial charge < -0.3 is 19.4 Å². The standard InChI is InChI=1S/C11H13N3O2.C10H19NO2/c15-11-9-7-13-10(14(9)4-3-12-11)8-1-5-16-6-2-8;1-8-5-6-11(7-8)9(12)13-10(2,3)4/h3-4,7-8H,1-2,5-6H2,(H,12,15);8H,5-7H2,1-4H3/t;8-/m.0/s1. The first-order valence-electron chi connectivity index (χ1n) is 10.3. The molecule has 2 aliphatic heterocycles. The molecule has 0 aliphatic carbocycles. The van der Waals surface area contributed by atoms with Crippen molar-refractivity contribution >= 4 is 11.6 Å². The zero-order valence-electron chi connectivity index (χ0n) is 17.8. The normalized spacial score (nSPS) is 20.4. The van der Waals surface area contributed by atoms with E-state index in [-0.39, 0.29) is 17.3 Å². The van der Waals surface area contributed by atoms with Gasteiger partial charge in [0.25, 0.3) is 5.56 Å². The molecule has 0 spiro atoms. The SMILES string of the molecule is C[C@H]1CCN(C(=O)OC(C)(C)C)C1.O=c1[nH]ccn2c(C3CCOCC3)ncc12. The molecule has 0 saturated carbocycles. The van der Waals surface area contributed by atoms with Crippen LogP contribution in [0.1, 0.15) is 58.7 Å². The van der Waals surface area contributed by atoms with E-state index in [2.05, 4.69) is 16.9 Å². The van der Waals surface area contributed by atoms with E-state index >= 15 is 0 Å². The average molecular weight is 405 g/mol. The number of nitrogens with one attached hydrogen (secondary N) is 1. The summed E-state index contributed by atoms with van der Waals surface area (Å²) < 4.78 is 12.5. The second-order valence-electron chi connectivity index (χ2n) is 8.87. The summed E-state index contributed by atoms with van der Waals surface area (Å²) in [5.41, 5.74) is 0.153. The molecule has 8 nitrogen and oxygen atoms in total. The lowest BCUT2D eigenvalue weighted by Crippen LogP contribution is -2.35. The van der Waals surface area contributed by atoms with Gasteiger partial charge in [-0.15, -0.1) is 0 Å². The van der Waals surface area contributed by atoms with E-state index in [4.69, 9.17) is 9.47 Å². The highest BCUT2D eigenvalue weighted by molar-refractivity contribution is 5.68. The van der Waals surface area contributed by atoms with E-state index in [1.165, 1.54) is 0 Å². The number of carbonyl (C=O) groups is 1. The van der Waals surface area contributed by atoms with Crippen molar-refractivity contribution in [2.24, 2.45) is 5.92 Å². The minimum absolute atomic E-state index is 0.0895. The van der Waals surface area contributed by atoms with E-state index in [0.717, 1.165) is 51.4 Å². The summed E-state index contributed by atoms with van der Waals surface area (Å²) in [5.74, 6) is 2.00. The van der Waals surface area contributed by atoms with E-state index in [0.29, 0.717) is 17.4 Å². The molecule has 1 atom stereocenters. The number of hydrogen-bond donors (Lipinski definition) is 1. The molecule has 1 amide bonds. The molecule has 4 rings (SSSR count). The Morgan fingerprint density at radius 2 is 2.00 bits per heavy atom. The molecule has 2 fully saturated rings. The average Bonchev–Trinajstić information content (AvgIpc) is 3.29. The number of carbonyl (C=O) groups excluding carboxylic acids is 1. The fourth-order valence-corrected chi connectivity index (χ4v) is 3.65. The van der Waals surface area contributed by atoms with Crippen LogP contribution < -0.4 is 5.56 Å². The zero-order valence-corrected chi connectivity index (χ0v) is 17.8. The minimum atomic E-state index is -0.372. The van der Waals surface area contributed by atoms with Crippen LogP contribution in [-0.4, -0.2) is 57.3 Å². The Morgan fingerprint density at radius 1 is 1.28 bits per heavy atom. The molecular formula is C21H32N4O4. The number of nitrogens with zero attached hydrogens (tertiary/aromatic N) is 3. The van der Waals surface area contributed by atoms with Gasteiger partial charge in [0.2, 0.25) is 0 Å². The van der Waals surface area contributed by atoms with Crippen LogP contribution >= 0.6 is 0 Å². The van der Waals surface area contributed by atoms with Gasteiger partial charge in [-0.3, -0.25) is 9.20 Å². The Kier molecular flexibility index (Phi) is 6.62. The summed E-state index contributed by atoms with van der Waals surface area (Å²) in [4.78, 5) is 31.8. The number of imidazole rings is 1. The van der Waals surface area contributed by atoms with Crippen LogP contribution in [0.15, 0.2) is 23.4 Å². The predicted molar refractivity (Wildman–Crippen MR) is 110 cm³/mol. The number of ether oxygens (including phenoxy) is 2. The summed E-state index contributed by atoms with van der Waals surface area (Å²) in [7, 11) is 0. The van der Waals surface area contributed by atoms with E-state index in [1.807, 2.05) is 31.4 Å². The molecular weight excluding hydrogens is 372 g/mol. The van der Waals surface area contributed by atoms with Crippen LogP contribution in [-0.2, 0) is 9.47 Å². The molecule has 29 heavy (non-hydrogen) atoms. The lowest BCUT2D eigenvalue weighted by atomic mass is 10.00. The molecule has 0 radical (unpaired) electrons.